The fourth-order valence-electron chi connectivity index (χ4n) is 5.41. The van der Waals surface area contributed by atoms with Crippen LogP contribution in [0.1, 0.15) is 38.5 Å². The van der Waals surface area contributed by atoms with Gasteiger partial charge >= 0.3 is 12.1 Å². The zero-order valence-electron chi connectivity index (χ0n) is 19.6. The summed E-state index contributed by atoms with van der Waals surface area (Å²) in [4.78, 5) is 33.3. The third-order valence-corrected chi connectivity index (χ3v) is 7.49. The lowest BCUT2D eigenvalue weighted by atomic mass is 9.87. The number of carbonyl (C=O) groups is 2. The summed E-state index contributed by atoms with van der Waals surface area (Å²) < 4.78 is 5.00. The van der Waals surface area contributed by atoms with Crippen LogP contribution in [0, 0.1) is 0 Å². The van der Waals surface area contributed by atoms with Crippen molar-refractivity contribution in [2.45, 2.75) is 56.7 Å². The third kappa shape index (κ3) is 5.02. The Morgan fingerprint density at radius 2 is 1.66 bits per heavy atom. The molecular formula is C24H37N5O3. The van der Waals surface area contributed by atoms with E-state index in [0.717, 1.165) is 37.3 Å². The number of benzene rings is 1. The number of nitrogens with zero attached hydrogens (tertiary/aromatic N) is 4. The van der Waals surface area contributed by atoms with Crippen LogP contribution in [0.5, 0.6) is 0 Å². The van der Waals surface area contributed by atoms with E-state index in [2.05, 4.69) is 29.2 Å². The van der Waals surface area contributed by atoms with Crippen LogP contribution in [-0.2, 0) is 4.74 Å². The van der Waals surface area contributed by atoms with Gasteiger partial charge in [0.25, 0.3) is 0 Å². The number of ether oxygens (including phenoxy) is 1. The Hall–Kier alpha value is -2.32. The van der Waals surface area contributed by atoms with Crippen molar-refractivity contribution in [2.75, 3.05) is 57.6 Å². The van der Waals surface area contributed by atoms with E-state index >= 15 is 0 Å². The van der Waals surface area contributed by atoms with E-state index in [1.807, 2.05) is 36.2 Å². The molecule has 3 amide bonds. The summed E-state index contributed by atoms with van der Waals surface area (Å²) in [6.45, 7) is 3.26. The molecule has 1 N–H and O–H groups in total. The Kier molecular flexibility index (Phi) is 7.20. The van der Waals surface area contributed by atoms with Crippen LogP contribution in [0.15, 0.2) is 24.3 Å². The molecule has 0 spiro atoms. The van der Waals surface area contributed by atoms with Crippen molar-refractivity contribution in [1.29, 1.82) is 0 Å². The molecule has 32 heavy (non-hydrogen) atoms. The summed E-state index contributed by atoms with van der Waals surface area (Å²) in [5.74, 6) is 0. The Labute approximate surface area is 191 Å². The summed E-state index contributed by atoms with van der Waals surface area (Å²) in [6.07, 6.45) is 6.66. The average molecular weight is 444 g/mol. The van der Waals surface area contributed by atoms with E-state index in [9.17, 15) is 9.59 Å². The minimum absolute atomic E-state index is 0.0768. The van der Waals surface area contributed by atoms with Gasteiger partial charge in [-0.15, -0.1) is 0 Å². The average Bonchev–Trinajstić information content (AvgIpc) is 3.25. The number of carbonyl (C=O) groups excluding carboxylic acids is 2. The molecule has 3 fully saturated rings. The predicted molar refractivity (Wildman–Crippen MR) is 126 cm³/mol. The number of hydrogen-bond donors (Lipinski definition) is 1. The van der Waals surface area contributed by atoms with E-state index in [4.69, 9.17) is 4.74 Å². The van der Waals surface area contributed by atoms with Gasteiger partial charge in [-0.1, -0.05) is 12.8 Å². The SMILES string of the molecule is CN1CCC(N(C)C2CCCCC2N(C)C(=O)Nc2ccc(N3CCOC3=O)cc2)CC1. The van der Waals surface area contributed by atoms with Crippen molar-refractivity contribution in [2.24, 2.45) is 0 Å². The van der Waals surface area contributed by atoms with E-state index in [1.54, 1.807) is 4.90 Å². The molecule has 8 heteroatoms. The molecule has 2 aliphatic heterocycles. The highest BCUT2D eigenvalue weighted by Crippen LogP contribution is 2.30. The summed E-state index contributed by atoms with van der Waals surface area (Å²) >= 11 is 0. The van der Waals surface area contributed by atoms with Gasteiger partial charge in [-0.25, -0.2) is 9.59 Å². The van der Waals surface area contributed by atoms with E-state index < -0.39 is 0 Å². The van der Waals surface area contributed by atoms with Crippen LogP contribution in [0.3, 0.4) is 0 Å². The van der Waals surface area contributed by atoms with Crippen LogP contribution in [0.4, 0.5) is 21.0 Å². The fourth-order valence-corrected chi connectivity index (χ4v) is 5.41. The van der Waals surface area contributed by atoms with Gasteiger partial charge in [0.2, 0.25) is 0 Å². The van der Waals surface area contributed by atoms with Gasteiger partial charge in [0.05, 0.1) is 6.54 Å². The normalized spacial score (nSPS) is 25.1. The molecule has 4 rings (SSSR count). The Morgan fingerprint density at radius 3 is 2.28 bits per heavy atom. The van der Waals surface area contributed by atoms with Crippen LogP contribution in [0.2, 0.25) is 0 Å². The molecular weight excluding hydrogens is 406 g/mol. The molecule has 0 aromatic heterocycles. The Bertz CT molecular complexity index is 793. The standard InChI is InChI=1S/C24H37N5O3/c1-26-14-12-19(13-15-26)27(2)21-6-4-5-7-22(21)28(3)23(30)25-18-8-10-20(11-9-18)29-16-17-32-24(29)31/h8-11,19,21-22H,4-7,12-17H2,1-3H3,(H,25,30). The van der Waals surface area contributed by atoms with Gasteiger partial charge in [0.1, 0.15) is 6.61 Å². The molecule has 2 saturated heterocycles. The first-order valence-electron chi connectivity index (χ1n) is 11.9. The Balaban J connectivity index is 1.37. The van der Waals surface area contributed by atoms with Gasteiger partial charge < -0.3 is 19.9 Å². The van der Waals surface area contributed by atoms with Gasteiger partial charge in [0.15, 0.2) is 0 Å². The van der Waals surface area contributed by atoms with Gasteiger partial charge in [-0.3, -0.25) is 9.80 Å². The highest BCUT2D eigenvalue weighted by atomic mass is 16.6. The molecule has 0 radical (unpaired) electrons. The van der Waals surface area contributed by atoms with E-state index in [0.29, 0.717) is 25.2 Å². The zero-order valence-corrected chi connectivity index (χ0v) is 19.6. The maximum Gasteiger partial charge on any atom is 0.414 e. The smallest absolute Gasteiger partial charge is 0.414 e. The minimum atomic E-state index is -0.321. The van der Waals surface area contributed by atoms with Crippen LogP contribution in [0.25, 0.3) is 0 Å². The lowest BCUT2D eigenvalue weighted by Crippen LogP contribution is -2.57. The number of urea groups is 1. The van der Waals surface area contributed by atoms with Crippen molar-refractivity contribution in [3.05, 3.63) is 24.3 Å². The molecule has 1 aliphatic carbocycles. The second-order valence-electron chi connectivity index (χ2n) is 9.47. The number of nitrogens with one attached hydrogen (secondary N) is 1. The van der Waals surface area contributed by atoms with Crippen molar-refractivity contribution < 1.29 is 14.3 Å². The molecule has 2 unspecified atom stereocenters. The third-order valence-electron chi connectivity index (χ3n) is 7.49. The van der Waals surface area contributed by atoms with Gasteiger partial charge in [-0.2, -0.15) is 0 Å². The number of anilines is 2. The Morgan fingerprint density at radius 1 is 1.00 bits per heavy atom. The number of cyclic esters (lactones) is 1. The monoisotopic (exact) mass is 443 g/mol. The summed E-state index contributed by atoms with van der Waals surface area (Å²) in [6, 6.07) is 8.51. The van der Waals surface area contributed by atoms with Crippen LogP contribution >= 0.6 is 0 Å². The van der Waals surface area contributed by atoms with Gasteiger partial charge in [0, 0.05) is 36.5 Å². The molecule has 2 heterocycles. The summed E-state index contributed by atoms with van der Waals surface area (Å²) in [5.41, 5.74) is 1.51. The van der Waals surface area contributed by atoms with Crippen LogP contribution in [-0.4, -0.2) is 92.3 Å². The van der Waals surface area contributed by atoms with E-state index in [-0.39, 0.29) is 18.2 Å². The molecule has 1 saturated carbocycles. The number of rotatable bonds is 5. The van der Waals surface area contributed by atoms with Crippen molar-refractivity contribution in [3.8, 4) is 0 Å². The molecule has 0 bridgehead atoms. The second kappa shape index (κ2) is 10.1. The fraction of sp³-hybridized carbons (Fsp3) is 0.667. The molecule has 1 aromatic rings. The maximum atomic E-state index is 13.1. The second-order valence-corrected chi connectivity index (χ2v) is 9.47. The molecule has 176 valence electrons. The molecule has 8 nitrogen and oxygen atoms in total. The number of likely N-dealkylation sites (N-methyl/N-ethyl adjacent to an activating group) is 2. The first-order chi connectivity index (χ1) is 15.4. The lowest BCUT2D eigenvalue weighted by Gasteiger charge is -2.46. The first kappa shape index (κ1) is 22.9. The number of piperidine rings is 1. The van der Waals surface area contributed by atoms with Crippen molar-refractivity contribution >= 4 is 23.5 Å². The van der Waals surface area contributed by atoms with E-state index in [1.165, 1.54) is 25.7 Å². The van der Waals surface area contributed by atoms with Crippen LogP contribution < -0.4 is 10.2 Å². The van der Waals surface area contributed by atoms with Crippen molar-refractivity contribution in [1.82, 2.24) is 14.7 Å². The maximum absolute atomic E-state index is 13.1. The summed E-state index contributed by atoms with van der Waals surface area (Å²) in [5, 5.41) is 3.04. The topological polar surface area (TPSA) is 68.4 Å². The highest BCUT2D eigenvalue weighted by Gasteiger charge is 2.36. The highest BCUT2D eigenvalue weighted by molar-refractivity contribution is 5.91. The number of likely N-dealkylation sites (tertiary alicyclic amines) is 1. The molecule has 3 aliphatic rings. The molecule has 1 aromatic carbocycles. The lowest BCUT2D eigenvalue weighted by molar-refractivity contribution is 0.0443. The molecule has 2 atom stereocenters. The number of hydrogen-bond acceptors (Lipinski definition) is 5. The predicted octanol–water partition coefficient (Wildman–Crippen LogP) is 3.44. The van der Waals surface area contributed by atoms with Gasteiger partial charge in [-0.05, 0) is 77.1 Å². The summed E-state index contributed by atoms with van der Waals surface area (Å²) in [7, 11) is 6.38. The van der Waals surface area contributed by atoms with Crippen molar-refractivity contribution in [3.63, 3.8) is 0 Å². The first-order valence-corrected chi connectivity index (χ1v) is 11.9. The largest absolute Gasteiger partial charge is 0.447 e. The zero-order chi connectivity index (χ0) is 22.7. The minimum Gasteiger partial charge on any atom is -0.447 e. The quantitative estimate of drug-likeness (QED) is 0.755. The number of amides is 3.